The fourth-order valence-corrected chi connectivity index (χ4v) is 5.80. The molecule has 2 atom stereocenters. The van der Waals surface area contributed by atoms with Crippen molar-refractivity contribution in [2.45, 2.75) is 45.1 Å². The number of carboxylic acids is 1. The Bertz CT molecular complexity index is 1560. The van der Waals surface area contributed by atoms with E-state index in [-0.39, 0.29) is 24.2 Å². The number of pyridine rings is 1. The number of benzene rings is 2. The van der Waals surface area contributed by atoms with Crippen molar-refractivity contribution in [1.29, 1.82) is 0 Å². The Hall–Kier alpha value is -4.34. The number of aliphatic carboxylic acids is 1. The number of aromatic nitrogens is 5. The van der Waals surface area contributed by atoms with Gasteiger partial charge in [-0.1, -0.05) is 6.07 Å². The lowest BCUT2D eigenvalue weighted by molar-refractivity contribution is -0.137. The Labute approximate surface area is 218 Å². The second kappa shape index (κ2) is 9.20. The minimum absolute atomic E-state index is 0.0220. The highest BCUT2D eigenvalue weighted by molar-refractivity contribution is 5.79. The molecule has 0 amide bonds. The number of nitrogens with one attached hydrogen (secondary N) is 1. The molecule has 10 heteroatoms. The molecule has 194 valence electrons. The first-order chi connectivity index (χ1) is 18.3. The molecule has 0 fully saturated rings. The monoisotopic (exact) mass is 514 g/mol. The van der Waals surface area contributed by atoms with Gasteiger partial charge >= 0.3 is 5.97 Å². The third-order valence-corrected chi connectivity index (χ3v) is 7.37. The summed E-state index contributed by atoms with van der Waals surface area (Å²) in [5.41, 5.74) is 8.20. The summed E-state index contributed by atoms with van der Waals surface area (Å²) in [6.07, 6.45) is 3.13. The molecule has 0 bridgehead atoms. The molecule has 0 radical (unpaired) electrons. The zero-order chi connectivity index (χ0) is 26.6. The summed E-state index contributed by atoms with van der Waals surface area (Å²) in [6, 6.07) is 9.13. The van der Waals surface area contributed by atoms with Gasteiger partial charge < -0.3 is 15.2 Å². The molecular formula is C28H27FN6O3. The summed E-state index contributed by atoms with van der Waals surface area (Å²) < 4.78 is 21.0. The zero-order valence-electron chi connectivity index (χ0n) is 21.3. The van der Waals surface area contributed by atoms with Gasteiger partial charge in [-0.15, -0.1) is 10.2 Å². The van der Waals surface area contributed by atoms with Crippen molar-refractivity contribution in [1.82, 2.24) is 25.2 Å². The molecular weight excluding hydrogens is 487 g/mol. The molecule has 0 saturated carbocycles. The maximum Gasteiger partial charge on any atom is 0.304 e. The number of fused-ring (bicyclic) bond motifs is 2. The number of ether oxygens (including phenoxy) is 1. The van der Waals surface area contributed by atoms with E-state index in [4.69, 9.17) is 9.84 Å². The number of carboxylic acid groups (broad SMARTS) is 1. The maximum absolute atomic E-state index is 15.3. The van der Waals surface area contributed by atoms with Crippen LogP contribution < -0.4 is 10.1 Å². The van der Waals surface area contributed by atoms with E-state index < -0.39 is 5.97 Å². The Kier molecular flexibility index (Phi) is 5.81. The summed E-state index contributed by atoms with van der Waals surface area (Å²) in [6.45, 7) is 4.40. The summed E-state index contributed by atoms with van der Waals surface area (Å²) in [4.78, 5) is 17.0. The van der Waals surface area contributed by atoms with Gasteiger partial charge in [0.1, 0.15) is 11.6 Å². The average Bonchev–Trinajstić information content (AvgIpc) is 3.59. The molecule has 2 aliphatic rings. The van der Waals surface area contributed by atoms with Gasteiger partial charge in [0, 0.05) is 23.1 Å². The van der Waals surface area contributed by atoms with Gasteiger partial charge in [0.25, 0.3) is 0 Å². The van der Waals surface area contributed by atoms with Gasteiger partial charge in [0.05, 0.1) is 43.7 Å². The lowest BCUT2D eigenvalue weighted by Gasteiger charge is -2.19. The van der Waals surface area contributed by atoms with Gasteiger partial charge in [0.2, 0.25) is 5.82 Å². The van der Waals surface area contributed by atoms with E-state index in [1.807, 2.05) is 24.3 Å². The van der Waals surface area contributed by atoms with Crippen LogP contribution in [0.4, 0.5) is 10.1 Å². The molecule has 2 N–H and O–H groups in total. The first kappa shape index (κ1) is 24.0. The summed E-state index contributed by atoms with van der Waals surface area (Å²) >= 11 is 0. The van der Waals surface area contributed by atoms with E-state index in [0.717, 1.165) is 51.9 Å². The van der Waals surface area contributed by atoms with Gasteiger partial charge in [0.15, 0.2) is 0 Å². The van der Waals surface area contributed by atoms with E-state index >= 15 is 4.39 Å². The Morgan fingerprint density at radius 1 is 1.24 bits per heavy atom. The molecule has 0 spiro atoms. The van der Waals surface area contributed by atoms with Crippen molar-refractivity contribution in [3.8, 4) is 28.3 Å². The van der Waals surface area contributed by atoms with Crippen LogP contribution in [0.2, 0.25) is 0 Å². The maximum atomic E-state index is 15.3. The van der Waals surface area contributed by atoms with Gasteiger partial charge in [-0.2, -0.15) is 4.80 Å². The molecule has 4 aromatic rings. The van der Waals surface area contributed by atoms with Crippen LogP contribution in [0.15, 0.2) is 36.5 Å². The molecule has 0 saturated heterocycles. The highest BCUT2D eigenvalue weighted by Gasteiger charge is 2.31. The number of hydrogen-bond donors (Lipinski definition) is 2. The van der Waals surface area contributed by atoms with Crippen LogP contribution >= 0.6 is 0 Å². The van der Waals surface area contributed by atoms with Crippen molar-refractivity contribution in [2.75, 3.05) is 11.9 Å². The summed E-state index contributed by atoms with van der Waals surface area (Å²) in [5, 5.41) is 25.0. The topological polar surface area (TPSA) is 115 Å². The molecule has 1 aliphatic carbocycles. The number of nitrogens with zero attached hydrogens (tertiary/aromatic N) is 5. The molecule has 0 unspecified atom stereocenters. The van der Waals surface area contributed by atoms with Crippen molar-refractivity contribution in [2.24, 2.45) is 7.05 Å². The van der Waals surface area contributed by atoms with E-state index in [0.29, 0.717) is 29.4 Å². The predicted octanol–water partition coefficient (Wildman–Crippen LogP) is 4.75. The smallest absolute Gasteiger partial charge is 0.304 e. The fraction of sp³-hybridized carbons (Fsp3) is 0.321. The summed E-state index contributed by atoms with van der Waals surface area (Å²) in [5.74, 6) is -0.222. The summed E-state index contributed by atoms with van der Waals surface area (Å²) in [7, 11) is 1.74. The second-order valence-corrected chi connectivity index (χ2v) is 10.0. The van der Waals surface area contributed by atoms with Gasteiger partial charge in [-0.05, 0) is 77.9 Å². The Morgan fingerprint density at radius 2 is 2.03 bits per heavy atom. The molecule has 2 aromatic carbocycles. The van der Waals surface area contributed by atoms with Crippen LogP contribution in [-0.4, -0.2) is 42.9 Å². The molecule has 2 aromatic heterocycles. The van der Waals surface area contributed by atoms with Crippen LogP contribution in [0.25, 0.3) is 22.5 Å². The molecule has 3 heterocycles. The minimum atomic E-state index is -0.880. The number of hydrogen-bond acceptors (Lipinski definition) is 7. The Morgan fingerprint density at radius 3 is 2.74 bits per heavy atom. The first-order valence-corrected chi connectivity index (χ1v) is 12.6. The molecule has 1 aliphatic heterocycles. The number of anilines is 1. The molecule has 9 nitrogen and oxygen atoms in total. The van der Waals surface area contributed by atoms with Crippen LogP contribution in [0.5, 0.6) is 5.75 Å². The van der Waals surface area contributed by atoms with Crippen LogP contribution in [0, 0.1) is 19.7 Å². The van der Waals surface area contributed by atoms with Crippen molar-refractivity contribution < 1.29 is 19.0 Å². The SMILES string of the molecule is Cc1cc(-c2nnn(C)n2)cc(C)c1-c1ccc(F)c2c1CC[C@H]2Nc1cnc2c(c1)OC[C@H]2CC(=O)O. The van der Waals surface area contributed by atoms with Crippen molar-refractivity contribution in [3.05, 3.63) is 70.3 Å². The first-order valence-electron chi connectivity index (χ1n) is 12.6. The minimum Gasteiger partial charge on any atom is -0.491 e. The number of carbonyl (C=O) groups is 1. The highest BCUT2D eigenvalue weighted by Crippen LogP contribution is 2.44. The van der Waals surface area contributed by atoms with E-state index in [2.05, 4.69) is 39.6 Å². The Balaban J connectivity index is 1.31. The third kappa shape index (κ3) is 4.15. The predicted molar refractivity (Wildman–Crippen MR) is 139 cm³/mol. The van der Waals surface area contributed by atoms with Crippen LogP contribution in [-0.2, 0) is 18.3 Å². The number of halogens is 1. The third-order valence-electron chi connectivity index (χ3n) is 7.37. The van der Waals surface area contributed by atoms with E-state index in [1.165, 1.54) is 4.80 Å². The molecule has 6 rings (SSSR count). The standard InChI is InChI=1S/C28H27FN6O3/c1-14-8-16(28-32-34-35(3)33-28)9-15(2)25(14)19-4-6-21(29)26-20(19)5-7-22(26)31-18-11-23-27(30-12-18)17(13-38-23)10-24(36)37/h4,6,8-9,11-12,17,22,31H,5,7,10,13H2,1-3H3,(H,36,37)/t17-,22-/m1/s1. The van der Waals surface area contributed by atoms with Crippen molar-refractivity contribution >= 4 is 11.7 Å². The fourth-order valence-electron chi connectivity index (χ4n) is 5.80. The highest BCUT2D eigenvalue weighted by atomic mass is 19.1. The lowest BCUT2D eigenvalue weighted by atomic mass is 9.89. The molecule has 38 heavy (non-hydrogen) atoms. The van der Waals surface area contributed by atoms with Crippen LogP contribution in [0.3, 0.4) is 0 Å². The van der Waals surface area contributed by atoms with Gasteiger partial charge in [-0.3, -0.25) is 9.78 Å². The van der Waals surface area contributed by atoms with Crippen molar-refractivity contribution in [3.63, 3.8) is 0 Å². The second-order valence-electron chi connectivity index (χ2n) is 10.0. The quantitative estimate of drug-likeness (QED) is 0.379. The number of tetrazole rings is 1. The van der Waals surface area contributed by atoms with Crippen LogP contribution in [0.1, 0.15) is 52.7 Å². The van der Waals surface area contributed by atoms with Gasteiger partial charge in [-0.25, -0.2) is 4.39 Å². The lowest BCUT2D eigenvalue weighted by Crippen LogP contribution is -2.10. The average molecular weight is 515 g/mol. The van der Waals surface area contributed by atoms with E-state index in [1.54, 1.807) is 19.3 Å². The number of rotatable bonds is 6. The largest absolute Gasteiger partial charge is 0.491 e. The zero-order valence-corrected chi connectivity index (χ0v) is 21.3. The van der Waals surface area contributed by atoms with E-state index in [9.17, 15) is 4.79 Å². The number of aryl methyl sites for hydroxylation is 3. The normalized spacial score (nSPS) is 17.7.